The van der Waals surface area contributed by atoms with Crippen molar-refractivity contribution in [3.63, 3.8) is 0 Å². The first-order valence-corrected chi connectivity index (χ1v) is 11.1. The summed E-state index contributed by atoms with van der Waals surface area (Å²) in [7, 11) is -3.96. The molecule has 0 aromatic heterocycles. The lowest BCUT2D eigenvalue weighted by molar-refractivity contribution is -0.137. The SMILES string of the molecule is CS(=O)(=O)N(CC(=O)N1CCN(c2ccccc2)CC1)c1cccc(C(F)(F)F)c1. The Kier molecular flexibility index (Phi) is 6.25. The summed E-state index contributed by atoms with van der Waals surface area (Å²) in [6.45, 7) is 1.41. The van der Waals surface area contributed by atoms with E-state index in [0.29, 0.717) is 30.5 Å². The van der Waals surface area contributed by atoms with Crippen molar-refractivity contribution in [1.82, 2.24) is 4.90 Å². The minimum absolute atomic E-state index is 0.191. The smallest absolute Gasteiger partial charge is 0.368 e. The first-order chi connectivity index (χ1) is 14.1. The van der Waals surface area contributed by atoms with Gasteiger partial charge in [-0.1, -0.05) is 24.3 Å². The number of anilines is 2. The largest absolute Gasteiger partial charge is 0.416 e. The Morgan fingerprint density at radius 1 is 1.00 bits per heavy atom. The Morgan fingerprint density at radius 3 is 2.20 bits per heavy atom. The molecule has 3 rings (SSSR count). The molecule has 0 aliphatic carbocycles. The minimum atomic E-state index is -4.61. The number of carbonyl (C=O) groups excluding carboxylic acids is 1. The van der Waals surface area contributed by atoms with Crippen LogP contribution >= 0.6 is 0 Å². The van der Waals surface area contributed by atoms with Crippen LogP contribution in [0.4, 0.5) is 24.5 Å². The number of nitrogens with zero attached hydrogens (tertiary/aromatic N) is 3. The topological polar surface area (TPSA) is 60.9 Å². The zero-order chi connectivity index (χ0) is 21.9. The molecule has 0 saturated carbocycles. The molecule has 1 aliphatic heterocycles. The Balaban J connectivity index is 1.72. The fraction of sp³-hybridized carbons (Fsp3) is 0.350. The van der Waals surface area contributed by atoms with Gasteiger partial charge in [0, 0.05) is 31.9 Å². The molecule has 6 nitrogen and oxygen atoms in total. The number of hydrogen-bond acceptors (Lipinski definition) is 4. The molecule has 0 atom stereocenters. The molecule has 0 spiro atoms. The highest BCUT2D eigenvalue weighted by Gasteiger charge is 2.32. The summed E-state index contributed by atoms with van der Waals surface area (Å²) in [6, 6.07) is 13.7. The molecular formula is C20H22F3N3O3S. The van der Waals surface area contributed by atoms with Gasteiger partial charge in [0.1, 0.15) is 6.54 Å². The van der Waals surface area contributed by atoms with Crippen LogP contribution in [0.1, 0.15) is 5.56 Å². The highest BCUT2D eigenvalue weighted by Crippen LogP contribution is 2.32. The van der Waals surface area contributed by atoms with E-state index in [-0.39, 0.29) is 5.69 Å². The van der Waals surface area contributed by atoms with Crippen LogP contribution in [0.5, 0.6) is 0 Å². The average molecular weight is 441 g/mol. The maximum Gasteiger partial charge on any atom is 0.416 e. The lowest BCUT2D eigenvalue weighted by atomic mass is 10.2. The molecule has 0 N–H and O–H groups in total. The van der Waals surface area contributed by atoms with Crippen LogP contribution in [-0.4, -0.2) is 58.2 Å². The number of carbonyl (C=O) groups is 1. The van der Waals surface area contributed by atoms with Gasteiger partial charge in [0.15, 0.2) is 0 Å². The Bertz CT molecular complexity index is 989. The highest BCUT2D eigenvalue weighted by atomic mass is 32.2. The normalized spacial score (nSPS) is 15.2. The van der Waals surface area contributed by atoms with Gasteiger partial charge >= 0.3 is 6.18 Å². The van der Waals surface area contributed by atoms with Gasteiger partial charge in [-0.2, -0.15) is 13.2 Å². The van der Waals surface area contributed by atoms with Crippen LogP contribution in [0.25, 0.3) is 0 Å². The summed E-state index contributed by atoms with van der Waals surface area (Å²) in [4.78, 5) is 16.4. The molecule has 1 amide bonds. The number of amides is 1. The van der Waals surface area contributed by atoms with Crippen LogP contribution in [0, 0.1) is 0 Å². The van der Waals surface area contributed by atoms with Crippen LogP contribution < -0.4 is 9.21 Å². The molecule has 1 aliphatic rings. The molecule has 0 radical (unpaired) electrons. The predicted molar refractivity (Wildman–Crippen MR) is 109 cm³/mol. The molecule has 0 bridgehead atoms. The van der Waals surface area contributed by atoms with Crippen molar-refractivity contribution in [3.8, 4) is 0 Å². The second-order valence-electron chi connectivity index (χ2n) is 7.02. The highest BCUT2D eigenvalue weighted by molar-refractivity contribution is 7.92. The third-order valence-electron chi connectivity index (χ3n) is 4.89. The molecular weight excluding hydrogens is 419 g/mol. The van der Waals surface area contributed by atoms with E-state index >= 15 is 0 Å². The van der Waals surface area contributed by atoms with Gasteiger partial charge in [0.05, 0.1) is 17.5 Å². The van der Waals surface area contributed by atoms with Gasteiger partial charge in [0.25, 0.3) is 0 Å². The predicted octanol–water partition coefficient (Wildman–Crippen LogP) is 2.82. The van der Waals surface area contributed by atoms with Crippen molar-refractivity contribution < 1.29 is 26.4 Å². The van der Waals surface area contributed by atoms with E-state index in [0.717, 1.165) is 30.1 Å². The summed E-state index contributed by atoms with van der Waals surface area (Å²) < 4.78 is 64.2. The fourth-order valence-corrected chi connectivity index (χ4v) is 4.15. The zero-order valence-corrected chi connectivity index (χ0v) is 17.2. The van der Waals surface area contributed by atoms with Crippen molar-refractivity contribution >= 4 is 27.3 Å². The molecule has 162 valence electrons. The van der Waals surface area contributed by atoms with Crippen LogP contribution in [-0.2, 0) is 21.0 Å². The molecule has 1 saturated heterocycles. The van der Waals surface area contributed by atoms with E-state index in [4.69, 9.17) is 0 Å². The maximum atomic E-state index is 13.0. The zero-order valence-electron chi connectivity index (χ0n) is 16.3. The van der Waals surface area contributed by atoms with Gasteiger partial charge in [-0.15, -0.1) is 0 Å². The molecule has 30 heavy (non-hydrogen) atoms. The first-order valence-electron chi connectivity index (χ1n) is 9.28. The molecule has 10 heteroatoms. The quantitative estimate of drug-likeness (QED) is 0.716. The third-order valence-corrected chi connectivity index (χ3v) is 6.03. The van der Waals surface area contributed by atoms with E-state index in [2.05, 4.69) is 4.90 Å². The number of alkyl halides is 3. The second-order valence-corrected chi connectivity index (χ2v) is 8.93. The van der Waals surface area contributed by atoms with E-state index in [1.54, 1.807) is 0 Å². The minimum Gasteiger partial charge on any atom is -0.368 e. The summed E-state index contributed by atoms with van der Waals surface area (Å²) in [6.07, 6.45) is -3.75. The van der Waals surface area contributed by atoms with Gasteiger partial charge in [-0.25, -0.2) is 8.42 Å². The summed E-state index contributed by atoms with van der Waals surface area (Å²) >= 11 is 0. The van der Waals surface area contributed by atoms with E-state index < -0.39 is 34.2 Å². The van der Waals surface area contributed by atoms with E-state index in [1.807, 2.05) is 30.3 Å². The van der Waals surface area contributed by atoms with Crippen molar-refractivity contribution in [2.45, 2.75) is 6.18 Å². The molecule has 1 fully saturated rings. The summed E-state index contributed by atoms with van der Waals surface area (Å²) in [5.41, 5.74) is -0.132. The lowest BCUT2D eigenvalue weighted by Crippen LogP contribution is -2.52. The van der Waals surface area contributed by atoms with Crippen molar-refractivity contribution in [2.24, 2.45) is 0 Å². The van der Waals surface area contributed by atoms with Gasteiger partial charge in [-0.3, -0.25) is 9.10 Å². The number of halogens is 3. The number of hydrogen-bond donors (Lipinski definition) is 0. The average Bonchev–Trinajstić information content (AvgIpc) is 2.71. The second kappa shape index (κ2) is 8.55. The number of sulfonamides is 1. The standard InChI is InChI=1S/C20H22F3N3O3S/c1-30(28,29)26(18-9-5-6-16(14-18)20(21,22)23)15-19(27)25-12-10-24(11-13-25)17-7-3-2-4-8-17/h2-9,14H,10-13,15H2,1H3. The van der Waals surface area contributed by atoms with Crippen molar-refractivity contribution in [1.29, 1.82) is 0 Å². The number of benzene rings is 2. The summed E-state index contributed by atoms with van der Waals surface area (Å²) in [5, 5.41) is 0. The molecule has 0 unspecified atom stereocenters. The number of piperazine rings is 1. The van der Waals surface area contributed by atoms with Crippen molar-refractivity contribution in [3.05, 3.63) is 60.2 Å². The van der Waals surface area contributed by atoms with Crippen LogP contribution in [0.15, 0.2) is 54.6 Å². The van der Waals surface area contributed by atoms with Gasteiger partial charge in [-0.05, 0) is 30.3 Å². The Morgan fingerprint density at radius 2 is 1.63 bits per heavy atom. The molecule has 2 aromatic carbocycles. The Labute approximate surface area is 173 Å². The maximum absolute atomic E-state index is 13.0. The van der Waals surface area contributed by atoms with Gasteiger partial charge in [0.2, 0.25) is 15.9 Å². The molecule has 2 aromatic rings. The lowest BCUT2D eigenvalue weighted by Gasteiger charge is -2.37. The summed E-state index contributed by atoms with van der Waals surface area (Å²) in [5.74, 6) is -0.453. The van der Waals surface area contributed by atoms with E-state index in [9.17, 15) is 26.4 Å². The number of para-hydroxylation sites is 1. The number of rotatable bonds is 5. The van der Waals surface area contributed by atoms with E-state index in [1.165, 1.54) is 11.0 Å². The van der Waals surface area contributed by atoms with Crippen molar-refractivity contribution in [2.75, 3.05) is 48.2 Å². The first kappa shape index (κ1) is 21.9. The van der Waals surface area contributed by atoms with Gasteiger partial charge < -0.3 is 9.80 Å². The fourth-order valence-electron chi connectivity index (χ4n) is 3.31. The monoisotopic (exact) mass is 441 g/mol. The van der Waals surface area contributed by atoms with Crippen LogP contribution in [0.2, 0.25) is 0 Å². The van der Waals surface area contributed by atoms with Crippen LogP contribution in [0.3, 0.4) is 0 Å². The third kappa shape index (κ3) is 5.24. The molecule has 1 heterocycles. The Hall–Kier alpha value is -2.75.